The normalized spacial score (nSPS) is 10.8. The smallest absolute Gasteiger partial charge is 0.148 e. The van der Waals surface area contributed by atoms with Crippen LogP contribution in [-0.4, -0.2) is 17.0 Å². The van der Waals surface area contributed by atoms with E-state index in [-0.39, 0.29) is 11.6 Å². The number of rotatable bonds is 4. The van der Waals surface area contributed by atoms with Gasteiger partial charge in [-0.05, 0) is 19.1 Å². The van der Waals surface area contributed by atoms with Gasteiger partial charge in [0.25, 0.3) is 0 Å². The maximum Gasteiger partial charge on any atom is 0.148 e. The van der Waals surface area contributed by atoms with Gasteiger partial charge in [-0.1, -0.05) is 31.5 Å². The molecule has 1 aromatic carbocycles. The third kappa shape index (κ3) is 3.24. The summed E-state index contributed by atoms with van der Waals surface area (Å²) in [7, 11) is 1.79. The second-order valence-electron chi connectivity index (χ2n) is 5.03. The van der Waals surface area contributed by atoms with Crippen LogP contribution in [0.1, 0.15) is 31.2 Å². The average molecular weight is 309 g/mol. The molecule has 2 N–H and O–H groups in total. The van der Waals surface area contributed by atoms with Gasteiger partial charge in [-0.15, -0.1) is 0 Å². The number of hydrogen-bond donors (Lipinski definition) is 2. The number of nitrogens with zero attached hydrogens (tertiary/aromatic N) is 2. The van der Waals surface area contributed by atoms with Crippen molar-refractivity contribution < 1.29 is 4.39 Å². The zero-order chi connectivity index (χ0) is 15.6. The summed E-state index contributed by atoms with van der Waals surface area (Å²) in [5, 5.41) is 6.32. The molecule has 0 saturated carbocycles. The van der Waals surface area contributed by atoms with E-state index in [9.17, 15) is 4.39 Å². The SMILES string of the molecule is CNc1nc(C(C)C)nc(Nc2c(F)cccc2Cl)c1C. The van der Waals surface area contributed by atoms with E-state index in [4.69, 9.17) is 11.6 Å². The molecule has 2 aromatic rings. The third-order valence-electron chi connectivity index (χ3n) is 3.12. The van der Waals surface area contributed by atoms with Crippen molar-refractivity contribution in [3.63, 3.8) is 0 Å². The van der Waals surface area contributed by atoms with Gasteiger partial charge in [0.2, 0.25) is 0 Å². The average Bonchev–Trinajstić information content (AvgIpc) is 2.44. The highest BCUT2D eigenvalue weighted by molar-refractivity contribution is 6.33. The molecular weight excluding hydrogens is 291 g/mol. The van der Waals surface area contributed by atoms with Crippen LogP contribution in [0.5, 0.6) is 0 Å². The summed E-state index contributed by atoms with van der Waals surface area (Å²) in [6, 6.07) is 4.55. The number of hydrogen-bond acceptors (Lipinski definition) is 4. The Balaban J connectivity index is 2.51. The van der Waals surface area contributed by atoms with Crippen LogP contribution in [0.3, 0.4) is 0 Å². The summed E-state index contributed by atoms with van der Waals surface area (Å²) in [4.78, 5) is 8.92. The van der Waals surface area contributed by atoms with Crippen LogP contribution in [0.4, 0.5) is 21.7 Å². The van der Waals surface area contributed by atoms with Gasteiger partial charge in [0, 0.05) is 18.5 Å². The topological polar surface area (TPSA) is 49.8 Å². The summed E-state index contributed by atoms with van der Waals surface area (Å²) in [5.74, 6) is 1.68. The minimum Gasteiger partial charge on any atom is -0.373 e. The number of para-hydroxylation sites is 1. The lowest BCUT2D eigenvalue weighted by atomic mass is 10.2. The molecule has 0 spiro atoms. The van der Waals surface area contributed by atoms with Crippen LogP contribution in [0, 0.1) is 12.7 Å². The van der Waals surface area contributed by atoms with E-state index < -0.39 is 5.82 Å². The molecule has 0 aliphatic heterocycles. The molecule has 1 heterocycles. The predicted molar refractivity (Wildman–Crippen MR) is 85.1 cm³/mol. The second-order valence-corrected chi connectivity index (χ2v) is 5.44. The number of aromatic nitrogens is 2. The fourth-order valence-corrected chi connectivity index (χ4v) is 2.10. The Hall–Kier alpha value is -1.88. The first kappa shape index (κ1) is 15.5. The van der Waals surface area contributed by atoms with Gasteiger partial charge in [0.1, 0.15) is 23.3 Å². The zero-order valence-electron chi connectivity index (χ0n) is 12.5. The Labute approximate surface area is 128 Å². The minimum absolute atomic E-state index is 0.161. The molecule has 21 heavy (non-hydrogen) atoms. The maximum atomic E-state index is 13.9. The molecule has 0 aliphatic carbocycles. The molecule has 0 saturated heterocycles. The molecular formula is C15H18ClFN4. The fourth-order valence-electron chi connectivity index (χ4n) is 1.89. The van der Waals surface area contributed by atoms with E-state index in [1.165, 1.54) is 6.07 Å². The van der Waals surface area contributed by atoms with Gasteiger partial charge in [0.05, 0.1) is 10.7 Å². The fraction of sp³-hybridized carbons (Fsp3) is 0.333. The molecule has 2 rings (SSSR count). The van der Waals surface area contributed by atoms with E-state index in [0.29, 0.717) is 22.5 Å². The summed E-state index contributed by atoms with van der Waals surface area (Å²) in [5.41, 5.74) is 1.03. The Kier molecular flexibility index (Phi) is 4.63. The van der Waals surface area contributed by atoms with Crippen molar-refractivity contribution in [2.75, 3.05) is 17.7 Å². The van der Waals surface area contributed by atoms with Crippen molar-refractivity contribution in [2.45, 2.75) is 26.7 Å². The van der Waals surface area contributed by atoms with E-state index in [2.05, 4.69) is 20.6 Å². The Morgan fingerprint density at radius 1 is 1.19 bits per heavy atom. The van der Waals surface area contributed by atoms with Crippen molar-refractivity contribution in [1.82, 2.24) is 9.97 Å². The molecule has 0 atom stereocenters. The van der Waals surface area contributed by atoms with Gasteiger partial charge < -0.3 is 10.6 Å². The van der Waals surface area contributed by atoms with Crippen LogP contribution in [-0.2, 0) is 0 Å². The van der Waals surface area contributed by atoms with Gasteiger partial charge in [0.15, 0.2) is 0 Å². The van der Waals surface area contributed by atoms with Gasteiger partial charge >= 0.3 is 0 Å². The molecule has 112 valence electrons. The minimum atomic E-state index is -0.419. The maximum absolute atomic E-state index is 13.9. The second kappa shape index (κ2) is 6.26. The predicted octanol–water partition coefficient (Wildman–Crippen LogP) is 4.49. The summed E-state index contributed by atoms with van der Waals surface area (Å²) in [6.07, 6.45) is 0. The summed E-state index contributed by atoms with van der Waals surface area (Å²) < 4.78 is 13.9. The van der Waals surface area contributed by atoms with E-state index in [0.717, 1.165) is 5.56 Å². The standard InChI is InChI=1S/C15H18ClFN4/c1-8(2)13-20-14(18-4)9(3)15(21-13)19-12-10(16)6-5-7-11(12)17/h5-8H,1-4H3,(H2,18,19,20,21). The molecule has 0 aliphatic rings. The quantitative estimate of drug-likeness (QED) is 0.874. The highest BCUT2D eigenvalue weighted by atomic mass is 35.5. The lowest BCUT2D eigenvalue weighted by molar-refractivity contribution is 0.631. The number of halogens is 2. The highest BCUT2D eigenvalue weighted by Gasteiger charge is 2.15. The molecule has 4 nitrogen and oxygen atoms in total. The van der Waals surface area contributed by atoms with Crippen molar-refractivity contribution in [1.29, 1.82) is 0 Å². The van der Waals surface area contributed by atoms with Crippen LogP contribution >= 0.6 is 11.6 Å². The van der Waals surface area contributed by atoms with Crippen molar-refractivity contribution in [3.05, 3.63) is 40.4 Å². The number of anilines is 3. The molecule has 0 fully saturated rings. The molecule has 0 amide bonds. The molecule has 0 radical (unpaired) electrons. The van der Waals surface area contributed by atoms with E-state index in [1.54, 1.807) is 19.2 Å². The highest BCUT2D eigenvalue weighted by Crippen LogP contribution is 2.31. The third-order valence-corrected chi connectivity index (χ3v) is 3.44. The van der Waals surface area contributed by atoms with Gasteiger partial charge in [-0.25, -0.2) is 14.4 Å². The first-order valence-electron chi connectivity index (χ1n) is 6.71. The Bertz CT molecular complexity index is 638. The van der Waals surface area contributed by atoms with E-state index >= 15 is 0 Å². The lowest BCUT2D eigenvalue weighted by Crippen LogP contribution is -2.09. The number of benzene rings is 1. The van der Waals surface area contributed by atoms with Gasteiger partial charge in [-0.3, -0.25) is 0 Å². The van der Waals surface area contributed by atoms with Crippen molar-refractivity contribution >= 4 is 28.9 Å². The Morgan fingerprint density at radius 2 is 1.86 bits per heavy atom. The molecule has 6 heteroatoms. The summed E-state index contributed by atoms with van der Waals surface area (Å²) in [6.45, 7) is 5.88. The molecule has 0 bridgehead atoms. The first-order chi connectivity index (χ1) is 9.93. The summed E-state index contributed by atoms with van der Waals surface area (Å²) >= 11 is 6.05. The largest absolute Gasteiger partial charge is 0.373 e. The molecule has 0 unspecified atom stereocenters. The van der Waals surface area contributed by atoms with Gasteiger partial charge in [-0.2, -0.15) is 0 Å². The first-order valence-corrected chi connectivity index (χ1v) is 7.09. The van der Waals surface area contributed by atoms with Crippen LogP contribution in [0.25, 0.3) is 0 Å². The van der Waals surface area contributed by atoms with Crippen LogP contribution < -0.4 is 10.6 Å². The van der Waals surface area contributed by atoms with Crippen LogP contribution in [0.2, 0.25) is 5.02 Å². The van der Waals surface area contributed by atoms with Crippen LogP contribution in [0.15, 0.2) is 18.2 Å². The Morgan fingerprint density at radius 3 is 2.43 bits per heavy atom. The molecule has 1 aromatic heterocycles. The van der Waals surface area contributed by atoms with Crippen molar-refractivity contribution in [3.8, 4) is 0 Å². The lowest BCUT2D eigenvalue weighted by Gasteiger charge is -2.16. The van der Waals surface area contributed by atoms with E-state index in [1.807, 2.05) is 20.8 Å². The number of nitrogens with one attached hydrogen (secondary N) is 2. The zero-order valence-corrected chi connectivity index (χ0v) is 13.2. The van der Waals surface area contributed by atoms with Crippen molar-refractivity contribution in [2.24, 2.45) is 0 Å². The monoisotopic (exact) mass is 308 g/mol.